The summed E-state index contributed by atoms with van der Waals surface area (Å²) in [6.45, 7) is 7.17. The number of benzene rings is 1. The molecule has 0 aliphatic rings. The summed E-state index contributed by atoms with van der Waals surface area (Å²) < 4.78 is 5.14. The molecule has 0 saturated carbocycles. The summed E-state index contributed by atoms with van der Waals surface area (Å²) in [6, 6.07) is 9.02. The van der Waals surface area contributed by atoms with Gasteiger partial charge in [-0.05, 0) is 20.8 Å². The largest absolute Gasteiger partial charge is 0.457 e. The Kier molecular flexibility index (Phi) is 5.04. The molecule has 0 bridgehead atoms. The topological polar surface area (TPSA) is 43.4 Å². The Balaban J connectivity index is 2.62. The molecule has 0 saturated heterocycles. The molecule has 0 heterocycles. The maximum absolute atomic E-state index is 12.0. The highest BCUT2D eigenvalue weighted by molar-refractivity contribution is 5.99. The van der Waals surface area contributed by atoms with Gasteiger partial charge in [0.25, 0.3) is 0 Å². The first kappa shape index (κ1) is 15.2. The van der Waals surface area contributed by atoms with E-state index in [0.29, 0.717) is 5.56 Å². The van der Waals surface area contributed by atoms with Crippen LogP contribution >= 0.6 is 0 Å². The van der Waals surface area contributed by atoms with E-state index in [2.05, 4.69) is 0 Å². The number of hydrogen-bond donors (Lipinski definition) is 0. The van der Waals surface area contributed by atoms with Crippen LogP contribution in [0.25, 0.3) is 0 Å². The average molecular weight is 260 g/mol. The summed E-state index contributed by atoms with van der Waals surface area (Å²) in [6.07, 6.45) is 2.89. The van der Waals surface area contributed by atoms with E-state index in [1.54, 1.807) is 45.9 Å². The van der Waals surface area contributed by atoms with Gasteiger partial charge in [0.05, 0.1) is 0 Å². The lowest BCUT2D eigenvalue weighted by atomic mass is 9.99. The molecule has 1 aromatic rings. The molecule has 1 aromatic carbocycles. The summed E-state index contributed by atoms with van der Waals surface area (Å²) in [4.78, 5) is 23.5. The maximum atomic E-state index is 12.0. The molecule has 0 spiro atoms. The van der Waals surface area contributed by atoms with Crippen LogP contribution in [0.3, 0.4) is 0 Å². The Labute approximate surface area is 114 Å². The van der Waals surface area contributed by atoms with Crippen LogP contribution in [-0.2, 0) is 9.53 Å². The lowest BCUT2D eigenvalue weighted by Gasteiger charge is -2.18. The Morgan fingerprint density at radius 1 is 1.16 bits per heavy atom. The molecule has 0 aliphatic carbocycles. The van der Waals surface area contributed by atoms with Gasteiger partial charge in [-0.1, -0.05) is 43.3 Å². The van der Waals surface area contributed by atoms with Gasteiger partial charge in [-0.15, -0.1) is 0 Å². The van der Waals surface area contributed by atoms with Crippen LogP contribution in [-0.4, -0.2) is 17.4 Å². The average Bonchev–Trinajstić information content (AvgIpc) is 2.34. The van der Waals surface area contributed by atoms with Gasteiger partial charge < -0.3 is 4.74 Å². The second-order valence-electron chi connectivity index (χ2n) is 5.41. The second kappa shape index (κ2) is 6.32. The predicted molar refractivity (Wildman–Crippen MR) is 74.9 cm³/mol. The Bertz CT molecular complexity index is 467. The Hall–Kier alpha value is -1.90. The van der Waals surface area contributed by atoms with Crippen molar-refractivity contribution in [3.8, 4) is 0 Å². The standard InChI is InChI=1S/C16H20O3/c1-12(10-11-14(17)19-16(2,3)4)15(18)13-8-6-5-7-9-13/h5-12H,1-4H3/b11-10+. The zero-order valence-corrected chi connectivity index (χ0v) is 11.8. The molecule has 102 valence electrons. The van der Waals surface area contributed by atoms with E-state index in [1.807, 2.05) is 18.2 Å². The van der Waals surface area contributed by atoms with Crippen LogP contribution in [0.15, 0.2) is 42.5 Å². The molecule has 1 unspecified atom stereocenters. The summed E-state index contributed by atoms with van der Waals surface area (Å²) in [5.41, 5.74) is 0.123. The van der Waals surface area contributed by atoms with Crippen LogP contribution < -0.4 is 0 Å². The fraction of sp³-hybridized carbons (Fsp3) is 0.375. The SMILES string of the molecule is CC(/C=C/C(=O)OC(C)(C)C)C(=O)c1ccccc1. The predicted octanol–water partition coefficient (Wildman–Crippen LogP) is 3.40. The highest BCUT2D eigenvalue weighted by atomic mass is 16.6. The van der Waals surface area contributed by atoms with Crippen molar-refractivity contribution in [1.29, 1.82) is 0 Å². The summed E-state index contributed by atoms with van der Waals surface area (Å²) in [5.74, 6) is -0.796. The number of carbonyl (C=O) groups excluding carboxylic acids is 2. The van der Waals surface area contributed by atoms with E-state index in [-0.39, 0.29) is 11.7 Å². The van der Waals surface area contributed by atoms with E-state index >= 15 is 0 Å². The van der Waals surface area contributed by atoms with Gasteiger partial charge in [0, 0.05) is 17.6 Å². The summed E-state index contributed by atoms with van der Waals surface area (Å²) in [7, 11) is 0. The van der Waals surface area contributed by atoms with Gasteiger partial charge in [-0.25, -0.2) is 4.79 Å². The first-order chi connectivity index (χ1) is 8.79. The van der Waals surface area contributed by atoms with Gasteiger partial charge >= 0.3 is 5.97 Å². The molecule has 0 aromatic heterocycles. The number of ether oxygens (including phenoxy) is 1. The van der Waals surface area contributed by atoms with E-state index in [4.69, 9.17) is 4.74 Å². The van der Waals surface area contributed by atoms with E-state index in [9.17, 15) is 9.59 Å². The van der Waals surface area contributed by atoms with Crippen LogP contribution in [0, 0.1) is 5.92 Å². The molecule has 0 fully saturated rings. The zero-order valence-electron chi connectivity index (χ0n) is 11.8. The van der Waals surface area contributed by atoms with Crippen molar-refractivity contribution in [2.75, 3.05) is 0 Å². The van der Waals surface area contributed by atoms with Crippen molar-refractivity contribution in [1.82, 2.24) is 0 Å². The monoisotopic (exact) mass is 260 g/mol. The van der Waals surface area contributed by atoms with Crippen molar-refractivity contribution in [3.05, 3.63) is 48.0 Å². The van der Waals surface area contributed by atoms with Crippen molar-refractivity contribution in [2.24, 2.45) is 5.92 Å². The molecule has 0 N–H and O–H groups in total. The Morgan fingerprint density at radius 2 is 1.74 bits per heavy atom. The van der Waals surface area contributed by atoms with Gasteiger partial charge in [0.1, 0.15) is 5.60 Å². The third-order valence-electron chi connectivity index (χ3n) is 2.40. The molecule has 0 radical (unpaired) electrons. The first-order valence-electron chi connectivity index (χ1n) is 6.30. The third kappa shape index (κ3) is 5.51. The minimum absolute atomic E-state index is 0.0135. The maximum Gasteiger partial charge on any atom is 0.330 e. The van der Waals surface area contributed by atoms with E-state index in [1.165, 1.54) is 6.08 Å². The Morgan fingerprint density at radius 3 is 2.26 bits per heavy atom. The first-order valence-corrected chi connectivity index (χ1v) is 6.30. The second-order valence-corrected chi connectivity index (χ2v) is 5.41. The number of Topliss-reactive ketones (excluding diaryl/α,β-unsaturated/α-hetero) is 1. The van der Waals surface area contributed by atoms with Crippen LogP contribution in [0.2, 0.25) is 0 Å². The highest BCUT2D eigenvalue weighted by Gasteiger charge is 2.16. The van der Waals surface area contributed by atoms with Crippen molar-refractivity contribution < 1.29 is 14.3 Å². The quantitative estimate of drug-likeness (QED) is 0.473. The lowest BCUT2D eigenvalue weighted by Crippen LogP contribution is -2.22. The van der Waals surface area contributed by atoms with Crippen LogP contribution in [0.1, 0.15) is 38.1 Å². The smallest absolute Gasteiger partial charge is 0.330 e. The minimum atomic E-state index is -0.520. The molecular formula is C16H20O3. The molecule has 3 nitrogen and oxygen atoms in total. The molecule has 1 atom stereocenters. The van der Waals surface area contributed by atoms with Gasteiger partial charge in [-0.2, -0.15) is 0 Å². The number of carbonyl (C=O) groups is 2. The van der Waals surface area contributed by atoms with Crippen molar-refractivity contribution in [3.63, 3.8) is 0 Å². The third-order valence-corrected chi connectivity index (χ3v) is 2.40. The minimum Gasteiger partial charge on any atom is -0.457 e. The fourth-order valence-electron chi connectivity index (χ4n) is 1.51. The highest BCUT2D eigenvalue weighted by Crippen LogP contribution is 2.11. The molecule has 0 aliphatic heterocycles. The number of hydrogen-bond acceptors (Lipinski definition) is 3. The van der Waals surface area contributed by atoms with Crippen molar-refractivity contribution in [2.45, 2.75) is 33.3 Å². The van der Waals surface area contributed by atoms with Gasteiger partial charge in [0.2, 0.25) is 0 Å². The van der Waals surface area contributed by atoms with Crippen LogP contribution in [0.5, 0.6) is 0 Å². The van der Waals surface area contributed by atoms with Gasteiger partial charge in [-0.3, -0.25) is 4.79 Å². The molecule has 19 heavy (non-hydrogen) atoms. The number of esters is 1. The number of ketones is 1. The summed E-state index contributed by atoms with van der Waals surface area (Å²) >= 11 is 0. The molecule has 0 amide bonds. The van der Waals surface area contributed by atoms with E-state index < -0.39 is 11.6 Å². The molecular weight excluding hydrogens is 240 g/mol. The normalized spacial score (nSPS) is 13.3. The summed E-state index contributed by atoms with van der Waals surface area (Å²) in [5, 5.41) is 0. The molecule has 3 heteroatoms. The van der Waals surface area contributed by atoms with Crippen LogP contribution in [0.4, 0.5) is 0 Å². The molecule has 1 rings (SSSR count). The van der Waals surface area contributed by atoms with Gasteiger partial charge in [0.15, 0.2) is 5.78 Å². The van der Waals surface area contributed by atoms with E-state index in [0.717, 1.165) is 0 Å². The zero-order chi connectivity index (χ0) is 14.5. The lowest BCUT2D eigenvalue weighted by molar-refractivity contribution is -0.148. The number of allylic oxidation sites excluding steroid dienone is 1. The number of rotatable bonds is 4. The fourth-order valence-corrected chi connectivity index (χ4v) is 1.51. The van der Waals surface area contributed by atoms with Crippen molar-refractivity contribution >= 4 is 11.8 Å².